The predicted molar refractivity (Wildman–Crippen MR) is 91.6 cm³/mol. The number of hydrogen-bond acceptors (Lipinski definition) is 3. The molecular formula is C18H22N2S. The van der Waals surface area contributed by atoms with Gasteiger partial charge in [-0.05, 0) is 59.9 Å². The van der Waals surface area contributed by atoms with Crippen LogP contribution in [0.5, 0.6) is 0 Å². The summed E-state index contributed by atoms with van der Waals surface area (Å²) >= 11 is 1.78. The molecule has 0 bridgehead atoms. The highest BCUT2D eigenvalue weighted by Gasteiger charge is 2.26. The third kappa shape index (κ3) is 3.30. The lowest BCUT2D eigenvalue weighted by Gasteiger charge is -2.16. The smallest absolute Gasteiger partial charge is 0.0403 e. The molecule has 1 aromatic heterocycles. The largest absolute Gasteiger partial charge is 0.399 e. The number of rotatable bonds is 6. The zero-order valence-corrected chi connectivity index (χ0v) is 13.3. The maximum atomic E-state index is 6.08. The molecule has 0 aliphatic heterocycles. The maximum absolute atomic E-state index is 6.08. The molecule has 0 spiro atoms. The molecule has 110 valence electrons. The summed E-state index contributed by atoms with van der Waals surface area (Å²) in [5, 5.41) is 5.59. The van der Waals surface area contributed by atoms with E-state index in [-0.39, 0.29) is 0 Å². The second-order valence-corrected chi connectivity index (χ2v) is 6.87. The molecule has 0 saturated heterocycles. The molecule has 1 fully saturated rings. The van der Waals surface area contributed by atoms with Crippen LogP contribution in [0.15, 0.2) is 41.9 Å². The van der Waals surface area contributed by atoms with Gasteiger partial charge in [-0.25, -0.2) is 0 Å². The van der Waals surface area contributed by atoms with Crippen molar-refractivity contribution in [2.45, 2.75) is 38.6 Å². The van der Waals surface area contributed by atoms with Gasteiger partial charge < -0.3 is 11.1 Å². The lowest BCUT2D eigenvalue weighted by atomic mass is 9.97. The van der Waals surface area contributed by atoms with Gasteiger partial charge in [0.05, 0.1) is 0 Å². The molecule has 0 amide bonds. The van der Waals surface area contributed by atoms with Crippen molar-refractivity contribution in [1.29, 1.82) is 0 Å². The first-order valence-electron chi connectivity index (χ1n) is 7.47. The molecule has 1 aliphatic rings. The van der Waals surface area contributed by atoms with E-state index in [0.717, 1.165) is 30.3 Å². The molecule has 3 rings (SSSR count). The fourth-order valence-corrected chi connectivity index (χ4v) is 3.45. The van der Waals surface area contributed by atoms with Crippen LogP contribution in [-0.2, 0) is 13.0 Å². The van der Waals surface area contributed by atoms with E-state index in [1.165, 1.54) is 34.4 Å². The van der Waals surface area contributed by atoms with Crippen LogP contribution in [0.3, 0.4) is 0 Å². The van der Waals surface area contributed by atoms with E-state index in [1.54, 1.807) is 11.3 Å². The lowest BCUT2D eigenvalue weighted by molar-refractivity contribution is 0.775. The summed E-state index contributed by atoms with van der Waals surface area (Å²) in [4.78, 5) is 1.35. The van der Waals surface area contributed by atoms with Crippen LogP contribution < -0.4 is 11.1 Å². The van der Waals surface area contributed by atoms with Crippen LogP contribution in [-0.4, -0.2) is 0 Å². The average molecular weight is 298 g/mol. The van der Waals surface area contributed by atoms with E-state index in [0.29, 0.717) is 0 Å². The van der Waals surface area contributed by atoms with Gasteiger partial charge in [-0.2, -0.15) is 0 Å². The lowest BCUT2D eigenvalue weighted by Crippen LogP contribution is -2.16. The van der Waals surface area contributed by atoms with Gasteiger partial charge in [0.15, 0.2) is 0 Å². The normalized spacial score (nSPS) is 14.1. The van der Waals surface area contributed by atoms with Crippen molar-refractivity contribution in [3.8, 4) is 0 Å². The quantitative estimate of drug-likeness (QED) is 0.778. The number of benzene rings is 1. The summed E-state index contributed by atoms with van der Waals surface area (Å²) < 4.78 is 0. The summed E-state index contributed by atoms with van der Waals surface area (Å²) in [5.74, 6) is 0.742. The summed E-state index contributed by atoms with van der Waals surface area (Å²) in [6.07, 6.45) is 3.52. The maximum Gasteiger partial charge on any atom is 0.0403 e. The van der Waals surface area contributed by atoms with Gasteiger partial charge in [-0.1, -0.05) is 18.7 Å². The van der Waals surface area contributed by atoms with E-state index in [9.17, 15) is 0 Å². The van der Waals surface area contributed by atoms with Gasteiger partial charge in [0.1, 0.15) is 0 Å². The van der Waals surface area contributed by atoms with Crippen LogP contribution in [0.2, 0.25) is 0 Å². The minimum atomic E-state index is 0.742. The van der Waals surface area contributed by atoms with E-state index < -0.39 is 0 Å². The van der Waals surface area contributed by atoms with E-state index in [2.05, 4.69) is 42.4 Å². The summed E-state index contributed by atoms with van der Waals surface area (Å²) in [6.45, 7) is 7.10. The molecular weight excluding hydrogens is 276 g/mol. The second kappa shape index (κ2) is 5.94. The molecule has 0 radical (unpaired) electrons. The first-order valence-corrected chi connectivity index (χ1v) is 8.35. The fourth-order valence-electron chi connectivity index (χ4n) is 2.71. The highest BCUT2D eigenvalue weighted by atomic mass is 32.1. The van der Waals surface area contributed by atoms with Crippen LogP contribution in [0, 0.1) is 6.92 Å². The highest BCUT2D eigenvalue weighted by Crippen LogP contribution is 2.43. The Labute approximate surface area is 130 Å². The van der Waals surface area contributed by atoms with E-state index in [4.69, 9.17) is 5.73 Å². The monoisotopic (exact) mass is 298 g/mol. The summed E-state index contributed by atoms with van der Waals surface area (Å²) in [5.41, 5.74) is 12.1. The minimum absolute atomic E-state index is 0.742. The molecule has 0 unspecified atom stereocenters. The Morgan fingerprint density at radius 1 is 1.38 bits per heavy atom. The van der Waals surface area contributed by atoms with Crippen molar-refractivity contribution < 1.29 is 0 Å². The van der Waals surface area contributed by atoms with Crippen molar-refractivity contribution in [1.82, 2.24) is 5.32 Å². The number of nitrogens with one attached hydrogen (secondary N) is 1. The minimum Gasteiger partial charge on any atom is -0.399 e. The standard InChI is InChI=1S/C18H22N2S/c1-12(10-15-4-3-9-21-15)20-11-17-13(2)18(19)8-7-16(17)14-5-6-14/h3-4,7-9,14,20H,1,5-6,10-11,19H2,2H3. The average Bonchev–Trinajstić information content (AvgIpc) is 3.18. The van der Waals surface area contributed by atoms with Gasteiger partial charge in [0.2, 0.25) is 0 Å². The van der Waals surface area contributed by atoms with Crippen molar-refractivity contribution in [2.24, 2.45) is 0 Å². The third-order valence-electron chi connectivity index (χ3n) is 4.18. The van der Waals surface area contributed by atoms with Gasteiger partial charge >= 0.3 is 0 Å². The third-order valence-corrected chi connectivity index (χ3v) is 5.05. The number of hydrogen-bond donors (Lipinski definition) is 2. The SMILES string of the molecule is C=C(Cc1cccs1)NCc1c(C2CC2)ccc(N)c1C. The first-order chi connectivity index (χ1) is 10.1. The second-order valence-electron chi connectivity index (χ2n) is 5.84. The number of nitrogen functional groups attached to an aromatic ring is 1. The predicted octanol–water partition coefficient (Wildman–Crippen LogP) is 4.36. The molecule has 3 N–H and O–H groups in total. The molecule has 1 aromatic carbocycles. The Morgan fingerprint density at radius 2 is 2.19 bits per heavy atom. The topological polar surface area (TPSA) is 38.0 Å². The first kappa shape index (κ1) is 14.2. The molecule has 2 nitrogen and oxygen atoms in total. The van der Waals surface area contributed by atoms with Crippen LogP contribution in [0.1, 0.15) is 40.3 Å². The number of anilines is 1. The Kier molecular flexibility index (Phi) is 4.02. The molecule has 1 aliphatic carbocycles. The van der Waals surface area contributed by atoms with Gasteiger partial charge in [-0.15, -0.1) is 11.3 Å². The van der Waals surface area contributed by atoms with Gasteiger partial charge in [-0.3, -0.25) is 0 Å². The Morgan fingerprint density at radius 3 is 2.86 bits per heavy atom. The molecule has 2 aromatic rings. The highest BCUT2D eigenvalue weighted by molar-refractivity contribution is 7.09. The van der Waals surface area contributed by atoms with Crippen molar-refractivity contribution in [3.05, 3.63) is 63.5 Å². The van der Waals surface area contributed by atoms with Crippen molar-refractivity contribution >= 4 is 17.0 Å². The summed E-state index contributed by atoms with van der Waals surface area (Å²) in [6, 6.07) is 8.49. The Hall–Kier alpha value is -1.74. The van der Waals surface area contributed by atoms with Gasteiger partial charge in [0.25, 0.3) is 0 Å². The number of thiophene rings is 1. The van der Waals surface area contributed by atoms with Crippen LogP contribution >= 0.6 is 11.3 Å². The molecule has 21 heavy (non-hydrogen) atoms. The van der Waals surface area contributed by atoms with Crippen molar-refractivity contribution in [3.63, 3.8) is 0 Å². The molecule has 3 heteroatoms. The zero-order valence-electron chi connectivity index (χ0n) is 12.5. The molecule has 1 heterocycles. The Balaban J connectivity index is 1.69. The van der Waals surface area contributed by atoms with Crippen LogP contribution in [0.4, 0.5) is 5.69 Å². The van der Waals surface area contributed by atoms with Gasteiger partial charge in [0, 0.05) is 29.2 Å². The van der Waals surface area contributed by atoms with E-state index in [1.807, 2.05) is 6.07 Å². The zero-order chi connectivity index (χ0) is 14.8. The van der Waals surface area contributed by atoms with Crippen LogP contribution in [0.25, 0.3) is 0 Å². The molecule has 0 atom stereocenters. The summed E-state index contributed by atoms with van der Waals surface area (Å²) in [7, 11) is 0. The van der Waals surface area contributed by atoms with E-state index >= 15 is 0 Å². The van der Waals surface area contributed by atoms with Crippen molar-refractivity contribution in [2.75, 3.05) is 5.73 Å². The molecule has 1 saturated carbocycles. The Bertz CT molecular complexity index is 639. The fraction of sp³-hybridized carbons (Fsp3) is 0.333. The number of nitrogens with two attached hydrogens (primary N) is 1. The number of allylic oxidation sites excluding steroid dienone is 1.